The van der Waals surface area contributed by atoms with Gasteiger partial charge in [0.05, 0.1) is 11.0 Å². The topological polar surface area (TPSA) is 178 Å². The lowest BCUT2D eigenvalue weighted by Gasteiger charge is -2.34. The van der Waals surface area contributed by atoms with Gasteiger partial charge in [0, 0.05) is 42.1 Å². The van der Waals surface area contributed by atoms with E-state index in [-0.39, 0.29) is 18.2 Å². The van der Waals surface area contributed by atoms with Crippen LogP contribution in [0.5, 0.6) is 0 Å². The third kappa shape index (κ3) is 6.43. The predicted molar refractivity (Wildman–Crippen MR) is 164 cm³/mol. The van der Waals surface area contributed by atoms with Crippen LogP contribution in [0.15, 0.2) is 59.5 Å². The lowest BCUT2D eigenvalue weighted by Crippen LogP contribution is -2.56. The van der Waals surface area contributed by atoms with Gasteiger partial charge in [0.25, 0.3) is 0 Å². The fraction of sp³-hybridized carbons (Fsp3) is 0.419. The molecule has 0 bridgehead atoms. The lowest BCUT2D eigenvalue weighted by atomic mass is 9.91. The number of amides is 3. The fourth-order valence-corrected chi connectivity index (χ4v) is 6.07. The van der Waals surface area contributed by atoms with Gasteiger partial charge in [0.15, 0.2) is 0 Å². The second-order valence-corrected chi connectivity index (χ2v) is 11.2. The Kier molecular flexibility index (Phi) is 9.15. The molecular weight excluding hydrogens is 550 g/mol. The number of hydrogen-bond donors (Lipinski definition) is 6. The van der Waals surface area contributed by atoms with Gasteiger partial charge < -0.3 is 36.3 Å². The highest BCUT2D eigenvalue weighted by atomic mass is 16.4. The number of aromatic nitrogens is 3. The number of likely N-dealkylation sites (tertiary alicyclic amines) is 1. The average molecular weight is 590 g/mol. The number of carbonyl (C=O) groups excluding carboxylic acids is 2. The summed E-state index contributed by atoms with van der Waals surface area (Å²) < 4.78 is 1.76. The van der Waals surface area contributed by atoms with E-state index in [9.17, 15) is 24.3 Å². The number of unbranched alkanes of at least 4 members (excludes halogenated alkanes) is 1. The van der Waals surface area contributed by atoms with Crippen LogP contribution in [-0.2, 0) is 9.59 Å². The molecule has 0 unspecified atom stereocenters. The fourth-order valence-electron chi connectivity index (χ4n) is 6.07. The van der Waals surface area contributed by atoms with E-state index in [2.05, 4.69) is 20.6 Å². The molecule has 1 aliphatic heterocycles. The number of piperidine rings is 1. The molecule has 3 amide bonds. The van der Waals surface area contributed by atoms with Crippen LogP contribution in [0.2, 0.25) is 0 Å². The van der Waals surface area contributed by atoms with Crippen LogP contribution in [0, 0.1) is 0 Å². The van der Waals surface area contributed by atoms with Crippen LogP contribution in [0.1, 0.15) is 56.6 Å². The van der Waals surface area contributed by atoms with Gasteiger partial charge in [-0.3, -0.25) is 9.36 Å². The van der Waals surface area contributed by atoms with Crippen molar-refractivity contribution < 1.29 is 19.5 Å². The summed E-state index contributed by atoms with van der Waals surface area (Å²) in [6.07, 6.45) is 4.41. The standard InChI is InChI=1S/C31H39N7O5/c1-19(22-18-33-23-9-3-2-8-21(22)23)27(28(39)34-25(29(40)41)11-6-7-15-32)36-30(42)37-16-13-20(14-17-37)38-26-12-5-4-10-24(26)35-31(38)43/h2-5,8-10,12,18-20,25,27,33H,6-7,11,13-17,32H2,1H3,(H,34,39)(H,35,43)(H,36,42)(H,40,41)/t19-,25-,27+/m0/s1. The molecule has 43 heavy (non-hydrogen) atoms. The number of carbonyl (C=O) groups is 3. The number of nitrogens with two attached hydrogens (primary N) is 1. The Morgan fingerprint density at radius 1 is 1.02 bits per heavy atom. The number of nitrogens with zero attached hydrogens (tertiary/aromatic N) is 2. The molecule has 0 radical (unpaired) electrons. The van der Waals surface area contributed by atoms with E-state index in [1.807, 2.05) is 61.7 Å². The molecule has 0 saturated carbocycles. The predicted octanol–water partition coefficient (Wildman–Crippen LogP) is 3.03. The minimum absolute atomic E-state index is 0.0678. The van der Waals surface area contributed by atoms with Crippen molar-refractivity contribution in [3.63, 3.8) is 0 Å². The molecule has 228 valence electrons. The van der Waals surface area contributed by atoms with Gasteiger partial charge in [0.2, 0.25) is 5.91 Å². The Bertz CT molecular complexity index is 1650. The van der Waals surface area contributed by atoms with Crippen molar-refractivity contribution in [2.45, 2.75) is 63.1 Å². The number of H-pyrrole nitrogens is 2. The minimum Gasteiger partial charge on any atom is -0.480 e. The Morgan fingerprint density at radius 2 is 1.72 bits per heavy atom. The molecule has 1 aliphatic rings. The molecule has 0 aliphatic carbocycles. The molecular formula is C31H39N7O5. The van der Waals surface area contributed by atoms with E-state index >= 15 is 0 Å². The largest absolute Gasteiger partial charge is 0.480 e. The molecule has 2 aromatic carbocycles. The zero-order valence-electron chi connectivity index (χ0n) is 24.2. The maximum absolute atomic E-state index is 13.7. The quantitative estimate of drug-likeness (QED) is 0.146. The summed E-state index contributed by atoms with van der Waals surface area (Å²) in [5, 5.41) is 16.3. The molecule has 12 heteroatoms. The molecule has 0 spiro atoms. The van der Waals surface area contributed by atoms with Crippen LogP contribution in [0.25, 0.3) is 21.9 Å². The van der Waals surface area contributed by atoms with E-state index in [0.717, 1.165) is 27.5 Å². The number of aromatic amines is 2. The number of hydrogen-bond acceptors (Lipinski definition) is 5. The molecule has 7 N–H and O–H groups in total. The molecule has 4 aromatic rings. The first-order valence-electron chi connectivity index (χ1n) is 14.8. The third-order valence-electron chi connectivity index (χ3n) is 8.48. The number of carboxylic acids is 1. The second kappa shape index (κ2) is 13.2. The first kappa shape index (κ1) is 29.9. The number of benzene rings is 2. The van der Waals surface area contributed by atoms with Gasteiger partial charge in [-0.1, -0.05) is 37.3 Å². The molecule has 1 saturated heterocycles. The van der Waals surface area contributed by atoms with Crippen molar-refractivity contribution in [1.29, 1.82) is 0 Å². The molecule has 3 heterocycles. The monoisotopic (exact) mass is 589 g/mol. The maximum atomic E-state index is 13.7. The first-order chi connectivity index (χ1) is 20.8. The number of nitrogens with one attached hydrogen (secondary N) is 4. The van der Waals surface area contributed by atoms with Gasteiger partial charge in [0.1, 0.15) is 12.1 Å². The normalized spacial score (nSPS) is 16.2. The van der Waals surface area contributed by atoms with Gasteiger partial charge in [-0.2, -0.15) is 0 Å². The SMILES string of the molecule is C[C@@H](c1c[nH]c2ccccc12)[C@@H](NC(=O)N1CCC(n2c(=O)[nH]c3ccccc32)CC1)C(=O)N[C@@H](CCCCN)C(=O)O. The molecule has 5 rings (SSSR count). The Labute approximate surface area is 248 Å². The van der Waals surface area contributed by atoms with Crippen LogP contribution in [0.4, 0.5) is 4.79 Å². The number of imidazole rings is 1. The summed E-state index contributed by atoms with van der Waals surface area (Å²) in [6, 6.07) is 12.6. The number of carboxylic acid groups (broad SMARTS) is 1. The summed E-state index contributed by atoms with van der Waals surface area (Å²) in [5.74, 6) is -2.17. The first-order valence-corrected chi connectivity index (χ1v) is 14.8. The summed E-state index contributed by atoms with van der Waals surface area (Å²) >= 11 is 0. The smallest absolute Gasteiger partial charge is 0.326 e. The second-order valence-electron chi connectivity index (χ2n) is 11.2. The van der Waals surface area contributed by atoms with E-state index in [1.54, 1.807) is 9.47 Å². The van der Waals surface area contributed by atoms with Crippen molar-refractivity contribution in [1.82, 2.24) is 30.1 Å². The molecule has 1 fully saturated rings. The zero-order chi connectivity index (χ0) is 30.5. The number of rotatable bonds is 11. The van der Waals surface area contributed by atoms with Crippen molar-refractivity contribution >= 4 is 39.8 Å². The number of fused-ring (bicyclic) bond motifs is 2. The molecule has 3 atom stereocenters. The van der Waals surface area contributed by atoms with Gasteiger partial charge in [-0.15, -0.1) is 0 Å². The number of aliphatic carboxylic acids is 1. The number of urea groups is 1. The molecule has 2 aromatic heterocycles. The zero-order valence-corrected chi connectivity index (χ0v) is 24.2. The minimum atomic E-state index is -1.13. The summed E-state index contributed by atoms with van der Waals surface area (Å²) in [7, 11) is 0. The van der Waals surface area contributed by atoms with Crippen LogP contribution < -0.4 is 22.1 Å². The number of para-hydroxylation sites is 3. The Balaban J connectivity index is 1.32. The van der Waals surface area contributed by atoms with Gasteiger partial charge in [-0.25, -0.2) is 14.4 Å². The third-order valence-corrected chi connectivity index (χ3v) is 8.48. The average Bonchev–Trinajstić information content (AvgIpc) is 3.59. The molecule has 12 nitrogen and oxygen atoms in total. The lowest BCUT2D eigenvalue weighted by molar-refractivity contribution is -0.142. The maximum Gasteiger partial charge on any atom is 0.326 e. The van der Waals surface area contributed by atoms with Crippen molar-refractivity contribution in [3.8, 4) is 0 Å². The van der Waals surface area contributed by atoms with Crippen molar-refractivity contribution in [3.05, 3.63) is 70.8 Å². The van der Waals surface area contributed by atoms with Crippen molar-refractivity contribution in [2.75, 3.05) is 19.6 Å². The highest BCUT2D eigenvalue weighted by molar-refractivity contribution is 5.92. The van der Waals surface area contributed by atoms with Crippen LogP contribution >= 0.6 is 0 Å². The van der Waals surface area contributed by atoms with Gasteiger partial charge >= 0.3 is 17.7 Å². The summed E-state index contributed by atoms with van der Waals surface area (Å²) in [6.45, 7) is 3.08. The summed E-state index contributed by atoms with van der Waals surface area (Å²) in [5.41, 5.74) is 8.73. The van der Waals surface area contributed by atoms with Crippen LogP contribution in [0.3, 0.4) is 0 Å². The van der Waals surface area contributed by atoms with E-state index in [4.69, 9.17) is 5.73 Å². The van der Waals surface area contributed by atoms with Gasteiger partial charge in [-0.05, 0) is 62.4 Å². The Morgan fingerprint density at radius 3 is 2.44 bits per heavy atom. The highest BCUT2D eigenvalue weighted by Gasteiger charge is 2.34. The van der Waals surface area contributed by atoms with Crippen LogP contribution in [-0.4, -0.2) is 74.2 Å². The highest BCUT2D eigenvalue weighted by Crippen LogP contribution is 2.29. The summed E-state index contributed by atoms with van der Waals surface area (Å²) in [4.78, 5) is 59.6. The van der Waals surface area contributed by atoms with E-state index in [0.29, 0.717) is 45.3 Å². The van der Waals surface area contributed by atoms with E-state index < -0.39 is 35.9 Å². The Hall–Kier alpha value is -4.58. The van der Waals surface area contributed by atoms with E-state index in [1.165, 1.54) is 0 Å². The van der Waals surface area contributed by atoms with Crippen molar-refractivity contribution in [2.24, 2.45) is 5.73 Å².